The van der Waals surface area contributed by atoms with Gasteiger partial charge in [-0.2, -0.15) is 5.10 Å². The van der Waals surface area contributed by atoms with Crippen LogP contribution >= 0.6 is 0 Å². The Labute approximate surface area is 128 Å². The smallest absolute Gasteiger partial charge is 0.0492 e. The second-order valence-electron chi connectivity index (χ2n) is 5.85. The van der Waals surface area contributed by atoms with Crippen molar-refractivity contribution >= 4 is 0 Å². The molecule has 3 heteroatoms. The van der Waals surface area contributed by atoms with Gasteiger partial charge in [-0.1, -0.05) is 36.8 Å². The van der Waals surface area contributed by atoms with Gasteiger partial charge in [-0.05, 0) is 56.8 Å². The van der Waals surface area contributed by atoms with Crippen LogP contribution in [-0.2, 0) is 19.9 Å². The zero-order chi connectivity index (χ0) is 15.1. The minimum absolute atomic E-state index is 0.669. The zero-order valence-electron chi connectivity index (χ0n) is 13.5. The van der Waals surface area contributed by atoms with Gasteiger partial charge in [0.2, 0.25) is 0 Å². The highest BCUT2D eigenvalue weighted by Gasteiger charge is 2.11. The Kier molecular flexibility index (Phi) is 6.00. The van der Waals surface area contributed by atoms with Crippen LogP contribution in [0.1, 0.15) is 30.2 Å². The molecule has 0 aliphatic carbocycles. The number of aryl methyl sites for hydroxylation is 3. The van der Waals surface area contributed by atoms with E-state index in [0.29, 0.717) is 5.92 Å². The molecule has 0 aliphatic heterocycles. The van der Waals surface area contributed by atoms with Crippen LogP contribution in [0.15, 0.2) is 36.5 Å². The fourth-order valence-corrected chi connectivity index (χ4v) is 2.68. The van der Waals surface area contributed by atoms with Gasteiger partial charge in [0.25, 0.3) is 0 Å². The van der Waals surface area contributed by atoms with Crippen molar-refractivity contribution in [2.24, 2.45) is 13.0 Å². The van der Waals surface area contributed by atoms with Gasteiger partial charge in [-0.3, -0.25) is 4.68 Å². The monoisotopic (exact) mass is 285 g/mol. The van der Waals surface area contributed by atoms with Gasteiger partial charge in [0, 0.05) is 18.9 Å². The van der Waals surface area contributed by atoms with Gasteiger partial charge < -0.3 is 5.32 Å². The molecule has 1 atom stereocenters. The van der Waals surface area contributed by atoms with Crippen molar-refractivity contribution in [2.45, 2.75) is 33.1 Å². The molecule has 0 radical (unpaired) electrons. The number of benzene rings is 1. The fraction of sp³-hybridized carbons (Fsp3) is 0.500. The molecule has 114 valence electrons. The first-order valence-electron chi connectivity index (χ1n) is 7.92. The molecule has 0 bridgehead atoms. The molecule has 1 aromatic carbocycles. The highest BCUT2D eigenvalue weighted by molar-refractivity contribution is 5.21. The molecule has 0 fully saturated rings. The van der Waals surface area contributed by atoms with Crippen molar-refractivity contribution in [3.8, 4) is 0 Å². The lowest BCUT2D eigenvalue weighted by Crippen LogP contribution is -2.24. The topological polar surface area (TPSA) is 29.9 Å². The normalized spacial score (nSPS) is 12.5. The summed E-state index contributed by atoms with van der Waals surface area (Å²) in [5, 5.41) is 7.75. The molecule has 0 amide bonds. The minimum atomic E-state index is 0.669. The highest BCUT2D eigenvalue weighted by Crippen LogP contribution is 2.15. The Morgan fingerprint density at radius 3 is 2.57 bits per heavy atom. The summed E-state index contributed by atoms with van der Waals surface area (Å²) in [5.41, 5.74) is 4.09. The van der Waals surface area contributed by atoms with Crippen molar-refractivity contribution < 1.29 is 0 Å². The zero-order valence-corrected chi connectivity index (χ0v) is 13.5. The van der Waals surface area contributed by atoms with E-state index in [1.165, 1.54) is 23.2 Å². The Hall–Kier alpha value is -1.61. The highest BCUT2D eigenvalue weighted by atomic mass is 15.2. The largest absolute Gasteiger partial charge is 0.317 e. The molecule has 2 aromatic rings. The van der Waals surface area contributed by atoms with Crippen LogP contribution in [0.25, 0.3) is 0 Å². The van der Waals surface area contributed by atoms with Crippen LogP contribution in [0, 0.1) is 12.8 Å². The standard InChI is InChI=1S/C18H27N3/c1-4-19-14-17(9-10-18-11-12-20-21(18)3)13-16-7-5-15(2)6-8-16/h5-8,11-12,17,19H,4,9-10,13-14H2,1-3H3. The summed E-state index contributed by atoms with van der Waals surface area (Å²) in [5.74, 6) is 0.669. The summed E-state index contributed by atoms with van der Waals surface area (Å²) in [4.78, 5) is 0. The summed E-state index contributed by atoms with van der Waals surface area (Å²) in [6, 6.07) is 11.1. The second kappa shape index (κ2) is 7.99. The minimum Gasteiger partial charge on any atom is -0.317 e. The van der Waals surface area contributed by atoms with Crippen molar-refractivity contribution in [3.05, 3.63) is 53.3 Å². The molecule has 21 heavy (non-hydrogen) atoms. The molecule has 1 heterocycles. The molecule has 1 N–H and O–H groups in total. The van der Waals surface area contributed by atoms with Crippen LogP contribution in [-0.4, -0.2) is 22.9 Å². The van der Waals surface area contributed by atoms with Gasteiger partial charge in [0.1, 0.15) is 0 Å². The van der Waals surface area contributed by atoms with Crippen molar-refractivity contribution in [3.63, 3.8) is 0 Å². The lowest BCUT2D eigenvalue weighted by Gasteiger charge is -2.17. The average Bonchev–Trinajstić information content (AvgIpc) is 2.89. The average molecular weight is 285 g/mol. The Balaban J connectivity index is 1.93. The van der Waals surface area contributed by atoms with Gasteiger partial charge in [0.05, 0.1) is 0 Å². The Morgan fingerprint density at radius 1 is 1.19 bits per heavy atom. The summed E-state index contributed by atoms with van der Waals surface area (Å²) in [6.07, 6.45) is 5.32. The van der Waals surface area contributed by atoms with E-state index in [4.69, 9.17) is 0 Å². The molecule has 0 saturated heterocycles. The van der Waals surface area contributed by atoms with E-state index in [1.54, 1.807) is 0 Å². The molecule has 0 spiro atoms. The fourth-order valence-electron chi connectivity index (χ4n) is 2.68. The number of nitrogens with zero attached hydrogens (tertiary/aromatic N) is 2. The quantitative estimate of drug-likeness (QED) is 0.807. The van der Waals surface area contributed by atoms with Gasteiger partial charge in [0.15, 0.2) is 0 Å². The lowest BCUT2D eigenvalue weighted by atomic mass is 9.93. The van der Waals surface area contributed by atoms with Crippen LogP contribution in [0.4, 0.5) is 0 Å². The van der Waals surface area contributed by atoms with Crippen LogP contribution in [0.3, 0.4) is 0 Å². The van der Waals surface area contributed by atoms with Gasteiger partial charge in [-0.15, -0.1) is 0 Å². The first-order chi connectivity index (χ1) is 10.2. The summed E-state index contributed by atoms with van der Waals surface area (Å²) in [6.45, 7) is 6.44. The van der Waals surface area contributed by atoms with Crippen molar-refractivity contribution in [1.82, 2.24) is 15.1 Å². The molecule has 3 nitrogen and oxygen atoms in total. The maximum absolute atomic E-state index is 4.25. The summed E-state index contributed by atoms with van der Waals surface area (Å²) in [7, 11) is 2.02. The van der Waals surface area contributed by atoms with Crippen molar-refractivity contribution in [1.29, 1.82) is 0 Å². The SMILES string of the molecule is CCNCC(CCc1ccnn1C)Cc1ccc(C)cc1. The van der Waals surface area contributed by atoms with E-state index < -0.39 is 0 Å². The molecule has 1 aromatic heterocycles. The molecular formula is C18H27N3. The third-order valence-electron chi connectivity index (χ3n) is 4.06. The predicted molar refractivity (Wildman–Crippen MR) is 88.4 cm³/mol. The number of nitrogens with one attached hydrogen (secondary N) is 1. The molecule has 0 aliphatic rings. The van der Waals surface area contributed by atoms with E-state index in [9.17, 15) is 0 Å². The Bertz CT molecular complexity index is 528. The predicted octanol–water partition coefficient (Wildman–Crippen LogP) is 3.13. The van der Waals surface area contributed by atoms with Gasteiger partial charge >= 0.3 is 0 Å². The Morgan fingerprint density at radius 2 is 1.95 bits per heavy atom. The number of hydrogen-bond donors (Lipinski definition) is 1. The number of hydrogen-bond acceptors (Lipinski definition) is 2. The van der Waals surface area contributed by atoms with Crippen LogP contribution in [0.5, 0.6) is 0 Å². The van der Waals surface area contributed by atoms with Crippen molar-refractivity contribution in [2.75, 3.05) is 13.1 Å². The number of aromatic nitrogens is 2. The number of rotatable bonds is 8. The van der Waals surface area contributed by atoms with Gasteiger partial charge in [-0.25, -0.2) is 0 Å². The van der Waals surface area contributed by atoms with E-state index in [0.717, 1.165) is 25.9 Å². The first-order valence-corrected chi connectivity index (χ1v) is 7.92. The van der Waals surface area contributed by atoms with E-state index in [1.807, 2.05) is 17.9 Å². The maximum atomic E-state index is 4.25. The molecule has 2 rings (SSSR count). The molecule has 0 saturated carbocycles. The molecular weight excluding hydrogens is 258 g/mol. The van der Waals surface area contributed by atoms with Crippen LogP contribution < -0.4 is 5.32 Å². The molecule has 1 unspecified atom stereocenters. The van der Waals surface area contributed by atoms with Crippen LogP contribution in [0.2, 0.25) is 0 Å². The summed E-state index contributed by atoms with van der Waals surface area (Å²) < 4.78 is 1.98. The van der Waals surface area contributed by atoms with E-state index in [2.05, 4.69) is 54.6 Å². The maximum Gasteiger partial charge on any atom is 0.0492 e. The van der Waals surface area contributed by atoms with E-state index in [-0.39, 0.29) is 0 Å². The third-order valence-corrected chi connectivity index (χ3v) is 4.06. The second-order valence-corrected chi connectivity index (χ2v) is 5.85. The third kappa shape index (κ3) is 5.01. The van der Waals surface area contributed by atoms with E-state index >= 15 is 0 Å². The first kappa shape index (κ1) is 15.8. The summed E-state index contributed by atoms with van der Waals surface area (Å²) >= 11 is 0. The lowest BCUT2D eigenvalue weighted by molar-refractivity contribution is 0.443.